The molecule has 0 fully saturated rings. The quantitative estimate of drug-likeness (QED) is 0.187. The fourth-order valence-corrected chi connectivity index (χ4v) is 4.41. The Morgan fingerprint density at radius 2 is 1.88 bits per heavy atom. The minimum absolute atomic E-state index is 0.101. The number of methoxy groups -OCH3 is 1. The Balaban J connectivity index is 1.81. The molecule has 0 bridgehead atoms. The number of anilines is 1. The zero-order chi connectivity index (χ0) is 24.5. The molecule has 0 spiro atoms. The number of fused-ring (bicyclic) bond motifs is 1. The van der Waals surface area contributed by atoms with Crippen LogP contribution in [0.3, 0.4) is 0 Å². The Hall–Kier alpha value is -4.52. The van der Waals surface area contributed by atoms with Crippen molar-refractivity contribution in [1.82, 2.24) is 4.98 Å². The fraction of sp³-hybridized carbons (Fsp3) is 0.0476. The number of ether oxygens (including phenoxy) is 1. The van der Waals surface area contributed by atoms with Gasteiger partial charge in [-0.15, -0.1) is 10.2 Å². The van der Waals surface area contributed by atoms with Crippen molar-refractivity contribution in [2.45, 2.75) is 4.90 Å². The second kappa shape index (κ2) is 8.78. The first kappa shape index (κ1) is 22.7. The summed E-state index contributed by atoms with van der Waals surface area (Å²) >= 11 is 0. The van der Waals surface area contributed by atoms with Crippen molar-refractivity contribution in [3.63, 3.8) is 0 Å². The molecule has 0 saturated carbocycles. The molecule has 34 heavy (non-hydrogen) atoms. The molecule has 0 aliphatic heterocycles. The number of hydrogen-bond donors (Lipinski definition) is 3. The number of halogens is 1. The molecule has 11 nitrogen and oxygen atoms in total. The van der Waals surface area contributed by atoms with Crippen molar-refractivity contribution >= 4 is 43.7 Å². The molecular weight excluding hydrogens is 469 g/mol. The van der Waals surface area contributed by atoms with Crippen molar-refractivity contribution < 1.29 is 27.6 Å². The first-order chi connectivity index (χ1) is 16.2. The molecule has 3 N–H and O–H groups in total. The normalized spacial score (nSPS) is 11.7. The van der Waals surface area contributed by atoms with Crippen molar-refractivity contribution in [2.75, 3.05) is 11.8 Å². The van der Waals surface area contributed by atoms with E-state index in [9.17, 15) is 28.0 Å². The van der Waals surface area contributed by atoms with Gasteiger partial charge in [0.25, 0.3) is 15.7 Å². The third kappa shape index (κ3) is 4.36. The zero-order valence-corrected chi connectivity index (χ0v) is 18.2. The van der Waals surface area contributed by atoms with Crippen LogP contribution < -0.4 is 9.46 Å². The molecule has 4 rings (SSSR count). The van der Waals surface area contributed by atoms with Crippen LogP contribution >= 0.6 is 0 Å². The Kier molecular flexibility index (Phi) is 5.86. The van der Waals surface area contributed by atoms with Gasteiger partial charge in [0.2, 0.25) is 5.88 Å². The van der Waals surface area contributed by atoms with Crippen LogP contribution in [0.2, 0.25) is 0 Å². The predicted molar refractivity (Wildman–Crippen MR) is 121 cm³/mol. The van der Waals surface area contributed by atoms with E-state index in [0.29, 0.717) is 5.52 Å². The zero-order valence-electron chi connectivity index (χ0n) is 17.4. The van der Waals surface area contributed by atoms with Gasteiger partial charge in [-0.25, -0.2) is 12.8 Å². The van der Waals surface area contributed by atoms with Gasteiger partial charge in [-0.1, -0.05) is 12.1 Å². The highest BCUT2D eigenvalue weighted by Crippen LogP contribution is 2.38. The molecule has 0 atom stereocenters. The van der Waals surface area contributed by atoms with E-state index < -0.39 is 37.2 Å². The van der Waals surface area contributed by atoms with Crippen LogP contribution in [-0.2, 0) is 10.0 Å². The molecular formula is C21H16FN5O6S. The number of nitrogens with zero attached hydrogens (tertiary/aromatic N) is 3. The first-order valence-corrected chi connectivity index (χ1v) is 11.0. The van der Waals surface area contributed by atoms with Gasteiger partial charge in [0.05, 0.1) is 23.2 Å². The molecule has 0 radical (unpaired) electrons. The van der Waals surface area contributed by atoms with E-state index in [1.54, 1.807) is 12.1 Å². The number of non-ortho nitro benzene ring substituents is 1. The van der Waals surface area contributed by atoms with Gasteiger partial charge in [0.15, 0.2) is 5.69 Å². The fourth-order valence-electron chi connectivity index (χ4n) is 3.18. The Morgan fingerprint density at radius 3 is 2.62 bits per heavy atom. The first-order valence-electron chi connectivity index (χ1n) is 9.56. The van der Waals surface area contributed by atoms with Crippen LogP contribution in [0.4, 0.5) is 27.1 Å². The topological polar surface area (TPSA) is 159 Å². The summed E-state index contributed by atoms with van der Waals surface area (Å²) in [5, 5.41) is 29.4. The van der Waals surface area contributed by atoms with Gasteiger partial charge in [-0.05, 0) is 36.4 Å². The van der Waals surface area contributed by atoms with Crippen LogP contribution in [0.5, 0.6) is 11.6 Å². The molecule has 3 aromatic carbocycles. The standard InChI is InChI=1S/C21H16FN5O6S/c1-33-18-5-3-2-4-16(18)26-34(31,32)19-11-13(27(29)30)7-9-17(19)24-25-20-14-10-12(22)6-8-15(14)23-21(20)28/h2-11,23,26,28H,1H3. The van der Waals surface area contributed by atoms with E-state index in [0.717, 1.165) is 24.3 Å². The monoisotopic (exact) mass is 485 g/mol. The Labute approximate surface area is 191 Å². The highest BCUT2D eigenvalue weighted by Gasteiger charge is 2.24. The number of rotatable bonds is 7. The lowest BCUT2D eigenvalue weighted by Gasteiger charge is -2.12. The second-order valence-electron chi connectivity index (χ2n) is 6.93. The maximum atomic E-state index is 13.7. The maximum absolute atomic E-state index is 13.7. The highest BCUT2D eigenvalue weighted by molar-refractivity contribution is 7.92. The second-order valence-corrected chi connectivity index (χ2v) is 8.58. The number of nitro groups is 1. The van der Waals surface area contributed by atoms with Crippen molar-refractivity contribution in [3.05, 3.63) is 76.6 Å². The summed E-state index contributed by atoms with van der Waals surface area (Å²) in [4.78, 5) is 12.6. The van der Waals surface area contributed by atoms with Crippen LogP contribution in [0.15, 0.2) is 75.8 Å². The van der Waals surface area contributed by atoms with Crippen LogP contribution in [0.1, 0.15) is 0 Å². The number of aromatic hydroxyl groups is 1. The number of hydrogen-bond acceptors (Lipinski definition) is 8. The molecule has 1 heterocycles. The highest BCUT2D eigenvalue weighted by atomic mass is 32.2. The number of benzene rings is 3. The van der Waals surface area contributed by atoms with Gasteiger partial charge in [-0.2, -0.15) is 0 Å². The molecule has 174 valence electrons. The van der Waals surface area contributed by atoms with Gasteiger partial charge in [-0.3, -0.25) is 14.8 Å². The molecule has 0 amide bonds. The minimum atomic E-state index is -4.40. The minimum Gasteiger partial charge on any atom is -0.495 e. The van der Waals surface area contributed by atoms with Crippen LogP contribution in [0.25, 0.3) is 10.9 Å². The van der Waals surface area contributed by atoms with E-state index in [1.165, 1.54) is 31.4 Å². The van der Waals surface area contributed by atoms with Crippen molar-refractivity contribution in [3.8, 4) is 11.6 Å². The van der Waals surface area contributed by atoms with E-state index in [2.05, 4.69) is 19.9 Å². The predicted octanol–water partition coefficient (Wildman–Crippen LogP) is 5.15. The maximum Gasteiger partial charge on any atom is 0.270 e. The summed E-state index contributed by atoms with van der Waals surface area (Å²) in [6.45, 7) is 0. The lowest BCUT2D eigenvalue weighted by molar-refractivity contribution is -0.385. The molecule has 13 heteroatoms. The molecule has 1 aromatic heterocycles. The summed E-state index contributed by atoms with van der Waals surface area (Å²) in [7, 11) is -3.04. The summed E-state index contributed by atoms with van der Waals surface area (Å²) in [6, 6.07) is 12.9. The SMILES string of the molecule is COc1ccccc1NS(=O)(=O)c1cc([N+](=O)[O-])ccc1N=Nc1c(O)[nH]c2ccc(F)cc12. The van der Waals surface area contributed by atoms with E-state index >= 15 is 0 Å². The Morgan fingerprint density at radius 1 is 1.12 bits per heavy atom. The molecule has 4 aromatic rings. The summed E-state index contributed by atoms with van der Waals surface area (Å²) in [5.41, 5.74) is -0.394. The van der Waals surface area contributed by atoms with Gasteiger partial charge < -0.3 is 14.8 Å². The summed E-state index contributed by atoms with van der Waals surface area (Å²) in [5.74, 6) is -0.768. The van der Waals surface area contributed by atoms with E-state index in [-0.39, 0.29) is 28.2 Å². The number of H-pyrrole nitrogens is 1. The van der Waals surface area contributed by atoms with Gasteiger partial charge in [0.1, 0.15) is 22.1 Å². The van der Waals surface area contributed by atoms with Crippen molar-refractivity contribution in [1.29, 1.82) is 0 Å². The van der Waals surface area contributed by atoms with E-state index in [4.69, 9.17) is 4.74 Å². The number of nitro benzene ring substituents is 1. The number of aromatic nitrogens is 1. The smallest absolute Gasteiger partial charge is 0.270 e. The lowest BCUT2D eigenvalue weighted by atomic mass is 10.2. The van der Waals surface area contributed by atoms with E-state index in [1.807, 2.05) is 0 Å². The average molecular weight is 485 g/mol. The third-order valence-electron chi connectivity index (χ3n) is 4.77. The molecule has 0 unspecified atom stereocenters. The van der Waals surface area contributed by atoms with Crippen LogP contribution in [-0.4, -0.2) is 30.5 Å². The third-order valence-corrected chi connectivity index (χ3v) is 6.16. The van der Waals surface area contributed by atoms with Gasteiger partial charge in [0, 0.05) is 17.5 Å². The number of aromatic amines is 1. The molecule has 0 aliphatic rings. The Bertz CT molecular complexity index is 1550. The summed E-state index contributed by atoms with van der Waals surface area (Å²) < 4.78 is 47.4. The number of azo groups is 1. The summed E-state index contributed by atoms with van der Waals surface area (Å²) in [6.07, 6.45) is 0. The van der Waals surface area contributed by atoms with Crippen molar-refractivity contribution in [2.24, 2.45) is 10.2 Å². The largest absolute Gasteiger partial charge is 0.495 e. The van der Waals surface area contributed by atoms with Crippen LogP contribution in [0, 0.1) is 15.9 Å². The van der Waals surface area contributed by atoms with Gasteiger partial charge >= 0.3 is 0 Å². The molecule has 0 aliphatic carbocycles. The average Bonchev–Trinajstić information content (AvgIpc) is 3.11. The lowest BCUT2D eigenvalue weighted by Crippen LogP contribution is -2.14. The number of para-hydroxylation sites is 2. The molecule has 0 saturated heterocycles. The number of nitrogens with one attached hydrogen (secondary N) is 2. The number of sulfonamides is 1.